The van der Waals surface area contributed by atoms with E-state index in [4.69, 9.17) is 0 Å². The van der Waals surface area contributed by atoms with E-state index in [2.05, 4.69) is 30.9 Å². The Bertz CT molecular complexity index is 774. The van der Waals surface area contributed by atoms with Gasteiger partial charge in [0.25, 0.3) is 0 Å². The Morgan fingerprint density at radius 1 is 1.17 bits per heavy atom. The summed E-state index contributed by atoms with van der Waals surface area (Å²) in [5, 5.41) is 0. The molecule has 2 heterocycles. The van der Waals surface area contributed by atoms with Crippen molar-refractivity contribution in [3.05, 3.63) is 50.9 Å². The van der Waals surface area contributed by atoms with Crippen molar-refractivity contribution < 1.29 is 0 Å². The van der Waals surface area contributed by atoms with Crippen LogP contribution in [0, 0.1) is 6.92 Å². The number of aryl methyl sites for hydroxylation is 1. The van der Waals surface area contributed by atoms with E-state index in [9.17, 15) is 4.79 Å². The molecule has 5 heteroatoms. The lowest BCUT2D eigenvalue weighted by Gasteiger charge is -2.07. The third kappa shape index (κ3) is 1.67. The van der Waals surface area contributed by atoms with Gasteiger partial charge in [0.2, 0.25) is 0 Å². The largest absolute Gasteiger partial charge is 0.325 e. The first-order chi connectivity index (χ1) is 8.66. The Kier molecular flexibility index (Phi) is 2.56. The highest BCUT2D eigenvalue weighted by Crippen LogP contribution is 2.31. The highest BCUT2D eigenvalue weighted by Gasteiger charge is 2.13. The van der Waals surface area contributed by atoms with Gasteiger partial charge < -0.3 is 4.98 Å². The van der Waals surface area contributed by atoms with Crippen molar-refractivity contribution in [1.82, 2.24) is 15.0 Å². The monoisotopic (exact) mass is 303 g/mol. The van der Waals surface area contributed by atoms with Crippen molar-refractivity contribution in [2.75, 3.05) is 0 Å². The molecule has 3 rings (SSSR count). The lowest BCUT2D eigenvalue weighted by Crippen LogP contribution is -1.99. The van der Waals surface area contributed by atoms with Crippen LogP contribution in [0.15, 0.2) is 39.6 Å². The van der Waals surface area contributed by atoms with Crippen LogP contribution in [0.3, 0.4) is 0 Å². The van der Waals surface area contributed by atoms with Crippen molar-refractivity contribution in [3.63, 3.8) is 0 Å². The SMILES string of the molecule is Cc1c(Br)c(-c2ccccc2)nc2[nH]c(=O)[nH]c12. The average molecular weight is 304 g/mol. The van der Waals surface area contributed by atoms with Gasteiger partial charge in [0, 0.05) is 10.0 Å². The molecule has 0 atom stereocenters. The van der Waals surface area contributed by atoms with Crippen LogP contribution in [0.2, 0.25) is 0 Å². The van der Waals surface area contributed by atoms with Crippen molar-refractivity contribution in [1.29, 1.82) is 0 Å². The van der Waals surface area contributed by atoms with E-state index >= 15 is 0 Å². The van der Waals surface area contributed by atoms with Gasteiger partial charge in [0.15, 0.2) is 5.65 Å². The van der Waals surface area contributed by atoms with E-state index in [-0.39, 0.29) is 5.69 Å². The van der Waals surface area contributed by atoms with Gasteiger partial charge in [-0.05, 0) is 28.4 Å². The minimum atomic E-state index is -0.238. The fourth-order valence-corrected chi connectivity index (χ4v) is 2.48. The molecular formula is C13H10BrN3O. The molecule has 4 nitrogen and oxygen atoms in total. The lowest BCUT2D eigenvalue weighted by molar-refractivity contribution is 1.20. The Labute approximate surface area is 111 Å². The average Bonchev–Trinajstić information content (AvgIpc) is 2.76. The number of halogens is 1. The predicted molar refractivity (Wildman–Crippen MR) is 74.6 cm³/mol. The summed E-state index contributed by atoms with van der Waals surface area (Å²) in [5.41, 5.74) is 3.90. The van der Waals surface area contributed by atoms with Crippen molar-refractivity contribution in [2.45, 2.75) is 6.92 Å². The first-order valence-electron chi connectivity index (χ1n) is 5.50. The number of aromatic amines is 2. The summed E-state index contributed by atoms with van der Waals surface area (Å²) in [6.07, 6.45) is 0. The standard InChI is InChI=1S/C13H10BrN3O/c1-7-9(14)11(8-5-3-2-4-6-8)15-12-10(7)16-13(18)17-12/h2-6H,1H3,(H2,15,16,17,18). The third-order valence-corrected chi connectivity index (χ3v) is 3.86. The molecule has 1 aromatic carbocycles. The molecule has 0 aliphatic rings. The second-order valence-corrected chi connectivity index (χ2v) is 4.86. The number of rotatable bonds is 1. The maximum absolute atomic E-state index is 11.3. The number of fused-ring (bicyclic) bond motifs is 1. The molecule has 0 aliphatic carbocycles. The molecule has 0 spiro atoms. The number of imidazole rings is 1. The second-order valence-electron chi connectivity index (χ2n) is 4.07. The number of hydrogen-bond acceptors (Lipinski definition) is 2. The fourth-order valence-electron chi connectivity index (χ4n) is 1.96. The van der Waals surface area contributed by atoms with Crippen LogP contribution in [0.1, 0.15) is 5.56 Å². The summed E-state index contributed by atoms with van der Waals surface area (Å²) >= 11 is 3.55. The zero-order chi connectivity index (χ0) is 12.7. The van der Waals surface area contributed by atoms with Crippen LogP contribution in [0.25, 0.3) is 22.4 Å². The number of aromatic nitrogens is 3. The van der Waals surface area contributed by atoms with Gasteiger partial charge in [-0.3, -0.25) is 4.98 Å². The van der Waals surface area contributed by atoms with Gasteiger partial charge in [-0.25, -0.2) is 9.78 Å². The molecule has 0 bridgehead atoms. The van der Waals surface area contributed by atoms with E-state index in [1.54, 1.807) is 0 Å². The quantitative estimate of drug-likeness (QED) is 0.726. The molecule has 0 saturated carbocycles. The van der Waals surface area contributed by atoms with Crippen LogP contribution in [-0.4, -0.2) is 15.0 Å². The number of nitrogens with one attached hydrogen (secondary N) is 2. The highest BCUT2D eigenvalue weighted by molar-refractivity contribution is 9.10. The zero-order valence-electron chi connectivity index (χ0n) is 9.62. The molecule has 0 radical (unpaired) electrons. The highest BCUT2D eigenvalue weighted by atomic mass is 79.9. The molecule has 18 heavy (non-hydrogen) atoms. The Morgan fingerprint density at radius 3 is 2.61 bits per heavy atom. The molecule has 3 aromatic rings. The Hall–Kier alpha value is -1.88. The van der Waals surface area contributed by atoms with Crippen LogP contribution >= 0.6 is 15.9 Å². The fraction of sp³-hybridized carbons (Fsp3) is 0.0769. The second kappa shape index (κ2) is 4.10. The van der Waals surface area contributed by atoms with Crippen LogP contribution in [0.5, 0.6) is 0 Å². The van der Waals surface area contributed by atoms with E-state index < -0.39 is 0 Å². The first-order valence-corrected chi connectivity index (χ1v) is 6.29. The number of hydrogen-bond donors (Lipinski definition) is 2. The molecular weight excluding hydrogens is 294 g/mol. The Balaban J connectivity index is 2.37. The number of H-pyrrole nitrogens is 2. The minimum absolute atomic E-state index is 0.238. The van der Waals surface area contributed by atoms with E-state index in [1.165, 1.54) is 0 Å². The predicted octanol–water partition coefficient (Wildman–Crippen LogP) is 2.99. The lowest BCUT2D eigenvalue weighted by atomic mass is 10.1. The van der Waals surface area contributed by atoms with Gasteiger partial charge in [0.1, 0.15) is 0 Å². The molecule has 2 N–H and O–H groups in total. The van der Waals surface area contributed by atoms with Gasteiger partial charge >= 0.3 is 5.69 Å². The first kappa shape index (κ1) is 11.2. The summed E-state index contributed by atoms with van der Waals surface area (Å²) in [7, 11) is 0. The minimum Gasteiger partial charge on any atom is -0.304 e. The van der Waals surface area contributed by atoms with Gasteiger partial charge in [-0.15, -0.1) is 0 Å². The Morgan fingerprint density at radius 2 is 1.89 bits per heavy atom. The van der Waals surface area contributed by atoms with Crippen molar-refractivity contribution >= 4 is 27.1 Å². The maximum Gasteiger partial charge on any atom is 0.325 e. The topological polar surface area (TPSA) is 61.5 Å². The molecule has 2 aromatic heterocycles. The molecule has 90 valence electrons. The molecule has 0 unspecified atom stereocenters. The van der Waals surface area contributed by atoms with Crippen molar-refractivity contribution in [3.8, 4) is 11.3 Å². The van der Waals surface area contributed by atoms with Gasteiger partial charge in [-0.1, -0.05) is 30.3 Å². The summed E-state index contributed by atoms with van der Waals surface area (Å²) in [6.45, 7) is 1.95. The summed E-state index contributed by atoms with van der Waals surface area (Å²) in [6, 6.07) is 9.86. The number of benzene rings is 1. The van der Waals surface area contributed by atoms with Gasteiger partial charge in [0.05, 0.1) is 11.2 Å². The molecule has 0 aliphatic heterocycles. The van der Waals surface area contributed by atoms with Crippen LogP contribution in [-0.2, 0) is 0 Å². The van der Waals surface area contributed by atoms with Crippen LogP contribution in [0.4, 0.5) is 0 Å². The molecule has 0 amide bonds. The molecule has 0 fully saturated rings. The third-order valence-electron chi connectivity index (χ3n) is 2.89. The van der Waals surface area contributed by atoms with Crippen molar-refractivity contribution in [2.24, 2.45) is 0 Å². The molecule has 0 saturated heterocycles. The van der Waals surface area contributed by atoms with Crippen LogP contribution < -0.4 is 5.69 Å². The summed E-state index contributed by atoms with van der Waals surface area (Å²) < 4.78 is 0.899. The number of nitrogens with zero attached hydrogens (tertiary/aromatic N) is 1. The summed E-state index contributed by atoms with van der Waals surface area (Å²) in [4.78, 5) is 21.3. The zero-order valence-corrected chi connectivity index (χ0v) is 11.2. The normalized spacial score (nSPS) is 11.0. The van der Waals surface area contributed by atoms with Gasteiger partial charge in [-0.2, -0.15) is 0 Å². The number of pyridine rings is 1. The summed E-state index contributed by atoms with van der Waals surface area (Å²) in [5.74, 6) is 0. The smallest absolute Gasteiger partial charge is 0.304 e. The van der Waals surface area contributed by atoms with E-state index in [0.29, 0.717) is 5.65 Å². The van der Waals surface area contributed by atoms with E-state index in [0.717, 1.165) is 26.8 Å². The maximum atomic E-state index is 11.3. The van der Waals surface area contributed by atoms with E-state index in [1.807, 2.05) is 37.3 Å².